The average Bonchev–Trinajstić information content (AvgIpc) is 3.24. The maximum Gasteiger partial charge on any atom is 0.142 e. The highest BCUT2D eigenvalue weighted by Crippen LogP contribution is 2.55. The molecule has 2 heterocycles. The van der Waals surface area contributed by atoms with E-state index in [9.17, 15) is 0 Å². The van der Waals surface area contributed by atoms with Crippen molar-refractivity contribution in [1.29, 1.82) is 0 Å². The van der Waals surface area contributed by atoms with E-state index >= 15 is 0 Å². The van der Waals surface area contributed by atoms with Gasteiger partial charge in [0.15, 0.2) is 0 Å². The van der Waals surface area contributed by atoms with Crippen LogP contribution in [0.25, 0.3) is 0 Å². The summed E-state index contributed by atoms with van der Waals surface area (Å²) in [6, 6.07) is 8.66. The highest BCUT2D eigenvalue weighted by molar-refractivity contribution is 7.10. The van der Waals surface area contributed by atoms with Gasteiger partial charge in [-0.2, -0.15) is 0 Å². The van der Waals surface area contributed by atoms with Gasteiger partial charge < -0.3 is 14.8 Å². The van der Waals surface area contributed by atoms with Gasteiger partial charge in [-0.1, -0.05) is 18.2 Å². The van der Waals surface area contributed by atoms with E-state index in [1.54, 1.807) is 14.2 Å². The molecule has 3 unspecified atom stereocenters. The molecular weight excluding hydrogens is 294 g/mol. The van der Waals surface area contributed by atoms with Gasteiger partial charge in [0.25, 0.3) is 0 Å². The van der Waals surface area contributed by atoms with E-state index in [0.717, 1.165) is 23.6 Å². The summed E-state index contributed by atoms with van der Waals surface area (Å²) in [6.45, 7) is 0. The predicted octanol–water partition coefficient (Wildman–Crippen LogP) is 4.59. The number of hydrogen-bond donors (Lipinski definition) is 1. The van der Waals surface area contributed by atoms with Gasteiger partial charge in [-0.15, -0.1) is 11.3 Å². The van der Waals surface area contributed by atoms with Crippen molar-refractivity contribution in [1.82, 2.24) is 0 Å². The molecule has 3 nitrogen and oxygen atoms in total. The summed E-state index contributed by atoms with van der Waals surface area (Å²) in [7, 11) is 3.46. The van der Waals surface area contributed by atoms with Gasteiger partial charge in [-0.05, 0) is 35.9 Å². The smallest absolute Gasteiger partial charge is 0.142 e. The minimum atomic E-state index is 0.327. The van der Waals surface area contributed by atoms with Crippen LogP contribution in [0.4, 0.5) is 5.69 Å². The van der Waals surface area contributed by atoms with Crippen molar-refractivity contribution in [2.45, 2.75) is 18.4 Å². The second-order valence-corrected chi connectivity index (χ2v) is 6.73. The highest BCUT2D eigenvalue weighted by Gasteiger charge is 2.41. The minimum Gasteiger partial charge on any atom is -0.496 e. The summed E-state index contributed by atoms with van der Waals surface area (Å²) in [5, 5.41) is 5.88. The molecule has 3 atom stereocenters. The lowest BCUT2D eigenvalue weighted by atomic mass is 9.78. The van der Waals surface area contributed by atoms with Crippen LogP contribution < -0.4 is 14.8 Å². The van der Waals surface area contributed by atoms with Crippen molar-refractivity contribution in [3.05, 3.63) is 52.2 Å². The number of allylic oxidation sites excluding steroid dienone is 2. The molecule has 1 aromatic heterocycles. The molecule has 0 saturated carbocycles. The standard InChI is InChI=1S/C18H19NO2S/c1-20-13-8-9-14(21-2)18-16(13)11-5-3-6-12(11)17(19-18)15-7-4-10-22-15/h3-5,7-12,17,19H,6H2,1-2H3. The van der Waals surface area contributed by atoms with Gasteiger partial charge >= 0.3 is 0 Å². The van der Waals surface area contributed by atoms with Crippen LogP contribution in [0.1, 0.15) is 28.8 Å². The van der Waals surface area contributed by atoms with Crippen molar-refractivity contribution in [3.63, 3.8) is 0 Å². The van der Waals surface area contributed by atoms with Crippen LogP contribution in [0.2, 0.25) is 0 Å². The fraction of sp³-hybridized carbons (Fsp3) is 0.333. The molecule has 22 heavy (non-hydrogen) atoms. The molecule has 0 bridgehead atoms. The summed E-state index contributed by atoms with van der Waals surface area (Å²) < 4.78 is 11.2. The minimum absolute atomic E-state index is 0.327. The van der Waals surface area contributed by atoms with Crippen molar-refractivity contribution < 1.29 is 9.47 Å². The Labute approximate surface area is 134 Å². The molecule has 0 spiro atoms. The lowest BCUT2D eigenvalue weighted by molar-refractivity contribution is 0.372. The first-order valence-electron chi connectivity index (χ1n) is 7.55. The Kier molecular flexibility index (Phi) is 3.34. The van der Waals surface area contributed by atoms with Crippen LogP contribution in [0.5, 0.6) is 11.5 Å². The highest BCUT2D eigenvalue weighted by atomic mass is 32.1. The molecule has 1 aliphatic carbocycles. The summed E-state index contributed by atoms with van der Waals surface area (Å²) in [4.78, 5) is 1.38. The van der Waals surface area contributed by atoms with E-state index in [4.69, 9.17) is 9.47 Å². The zero-order valence-electron chi connectivity index (χ0n) is 12.7. The van der Waals surface area contributed by atoms with E-state index in [2.05, 4.69) is 35.0 Å². The quantitative estimate of drug-likeness (QED) is 0.841. The van der Waals surface area contributed by atoms with E-state index in [-0.39, 0.29) is 0 Å². The summed E-state index contributed by atoms with van der Waals surface area (Å²) in [6.07, 6.45) is 5.72. The summed E-state index contributed by atoms with van der Waals surface area (Å²) in [5.41, 5.74) is 2.31. The zero-order valence-corrected chi connectivity index (χ0v) is 13.5. The number of rotatable bonds is 3. The van der Waals surface area contributed by atoms with Gasteiger partial charge in [0.2, 0.25) is 0 Å². The second-order valence-electron chi connectivity index (χ2n) is 5.75. The molecule has 4 heteroatoms. The number of ether oxygens (including phenoxy) is 2. The second kappa shape index (κ2) is 5.36. The Balaban J connectivity index is 1.88. The Morgan fingerprint density at radius 3 is 2.68 bits per heavy atom. The summed E-state index contributed by atoms with van der Waals surface area (Å²) in [5.74, 6) is 2.74. The van der Waals surface area contributed by atoms with Crippen LogP contribution in [0.3, 0.4) is 0 Å². The van der Waals surface area contributed by atoms with Crippen molar-refractivity contribution in [3.8, 4) is 11.5 Å². The van der Waals surface area contributed by atoms with Gasteiger partial charge in [0, 0.05) is 16.4 Å². The lowest BCUT2D eigenvalue weighted by Crippen LogP contribution is -2.29. The van der Waals surface area contributed by atoms with Crippen LogP contribution in [-0.2, 0) is 0 Å². The third-order valence-corrected chi connectivity index (χ3v) is 5.69. The van der Waals surface area contributed by atoms with Crippen LogP contribution >= 0.6 is 11.3 Å². The Hall–Kier alpha value is -1.94. The van der Waals surface area contributed by atoms with Gasteiger partial charge in [0.05, 0.1) is 25.9 Å². The fourth-order valence-electron chi connectivity index (χ4n) is 3.75. The van der Waals surface area contributed by atoms with Crippen LogP contribution in [0, 0.1) is 5.92 Å². The molecule has 1 aromatic carbocycles. The third-order valence-electron chi connectivity index (χ3n) is 4.73. The number of fused-ring (bicyclic) bond motifs is 3. The first-order chi connectivity index (χ1) is 10.8. The number of anilines is 1. The Morgan fingerprint density at radius 1 is 1.14 bits per heavy atom. The molecule has 2 aromatic rings. The van der Waals surface area contributed by atoms with Crippen molar-refractivity contribution in [2.24, 2.45) is 5.92 Å². The van der Waals surface area contributed by atoms with Crippen molar-refractivity contribution >= 4 is 17.0 Å². The molecule has 4 rings (SSSR count). The zero-order chi connectivity index (χ0) is 15.1. The van der Waals surface area contributed by atoms with E-state index in [1.807, 2.05) is 23.5 Å². The number of hydrogen-bond acceptors (Lipinski definition) is 4. The molecule has 0 fully saturated rings. The van der Waals surface area contributed by atoms with E-state index in [1.165, 1.54) is 10.4 Å². The van der Waals surface area contributed by atoms with Gasteiger partial charge in [0.1, 0.15) is 11.5 Å². The Morgan fingerprint density at radius 2 is 1.95 bits per heavy atom. The molecule has 0 radical (unpaired) electrons. The molecule has 114 valence electrons. The molecule has 0 amide bonds. The predicted molar refractivity (Wildman–Crippen MR) is 90.2 cm³/mol. The SMILES string of the molecule is COc1ccc(OC)c2c1NC(c1cccs1)C1CC=CC21. The largest absolute Gasteiger partial charge is 0.496 e. The first-order valence-corrected chi connectivity index (χ1v) is 8.43. The molecule has 1 N–H and O–H groups in total. The molecule has 2 aliphatic rings. The number of thiophene rings is 1. The number of benzene rings is 1. The van der Waals surface area contributed by atoms with Crippen molar-refractivity contribution in [2.75, 3.05) is 19.5 Å². The first kappa shape index (κ1) is 13.7. The van der Waals surface area contributed by atoms with Crippen LogP contribution in [-0.4, -0.2) is 14.2 Å². The molecule has 0 saturated heterocycles. The number of nitrogens with one attached hydrogen (secondary N) is 1. The summed E-state index contributed by atoms with van der Waals surface area (Å²) >= 11 is 1.81. The van der Waals surface area contributed by atoms with Gasteiger partial charge in [-0.25, -0.2) is 0 Å². The fourth-order valence-corrected chi connectivity index (χ4v) is 4.60. The normalized spacial score (nSPS) is 25.3. The number of methoxy groups -OCH3 is 2. The van der Waals surface area contributed by atoms with Gasteiger partial charge in [-0.3, -0.25) is 0 Å². The third kappa shape index (κ3) is 1.94. The monoisotopic (exact) mass is 313 g/mol. The molecule has 1 aliphatic heterocycles. The maximum atomic E-state index is 5.62. The maximum absolute atomic E-state index is 5.62. The van der Waals surface area contributed by atoms with Crippen LogP contribution in [0.15, 0.2) is 41.8 Å². The lowest BCUT2D eigenvalue weighted by Gasteiger charge is -2.38. The van der Waals surface area contributed by atoms with E-state index < -0.39 is 0 Å². The Bertz CT molecular complexity index is 708. The van der Waals surface area contributed by atoms with E-state index in [0.29, 0.717) is 17.9 Å². The molecular formula is C18H19NO2S. The average molecular weight is 313 g/mol. The topological polar surface area (TPSA) is 30.5 Å².